The fourth-order valence-electron chi connectivity index (χ4n) is 1.21. The van der Waals surface area contributed by atoms with Crippen molar-refractivity contribution in [1.82, 2.24) is 15.3 Å². The van der Waals surface area contributed by atoms with E-state index in [-0.39, 0.29) is 5.91 Å². The van der Waals surface area contributed by atoms with Crippen molar-refractivity contribution in [3.8, 4) is 0 Å². The number of carbonyl (C=O) groups excluding carboxylic acids is 1. The molecule has 1 N–H and O–H groups in total. The molecule has 0 atom stereocenters. The first-order valence-electron chi connectivity index (χ1n) is 4.25. The Bertz CT molecular complexity index is 482. The minimum Gasteiger partial charge on any atom is -0.354 e. The van der Waals surface area contributed by atoms with Crippen LogP contribution in [0, 0.1) is 0 Å². The van der Waals surface area contributed by atoms with Crippen molar-refractivity contribution in [3.63, 3.8) is 0 Å². The van der Waals surface area contributed by atoms with E-state index >= 15 is 0 Å². The second-order valence-electron chi connectivity index (χ2n) is 2.83. The molecule has 0 spiro atoms. The van der Waals surface area contributed by atoms with E-state index in [2.05, 4.69) is 15.3 Å². The number of hydrogen-bond donors (Lipinski definition) is 1. The third-order valence-electron chi connectivity index (χ3n) is 1.92. The van der Waals surface area contributed by atoms with Gasteiger partial charge in [0.15, 0.2) is 5.65 Å². The lowest BCUT2D eigenvalue weighted by Gasteiger charge is -1.99. The summed E-state index contributed by atoms with van der Waals surface area (Å²) >= 11 is 0. The lowest BCUT2D eigenvalue weighted by molar-refractivity contribution is 0.0958. The van der Waals surface area contributed by atoms with Crippen LogP contribution in [0.4, 0.5) is 0 Å². The van der Waals surface area contributed by atoms with Gasteiger partial charge in [0.05, 0.1) is 0 Å². The van der Waals surface area contributed by atoms with Gasteiger partial charge >= 0.3 is 0 Å². The maximum absolute atomic E-state index is 11.3. The number of fused-ring (bicyclic) bond motifs is 1. The summed E-state index contributed by atoms with van der Waals surface area (Å²) < 4.78 is 0. The Labute approximate surface area is 81.0 Å². The Kier molecular flexibility index (Phi) is 2.10. The second kappa shape index (κ2) is 3.41. The minimum absolute atomic E-state index is 0.197. The molecule has 2 aromatic heterocycles. The van der Waals surface area contributed by atoms with Crippen LogP contribution in [0.1, 0.15) is 10.5 Å². The predicted octanol–water partition coefficient (Wildman–Crippen LogP) is 0.989. The summed E-state index contributed by atoms with van der Waals surface area (Å²) in [6, 6.07) is 7.26. The fraction of sp³-hybridized carbons (Fsp3) is 0.100. The van der Waals surface area contributed by atoms with Gasteiger partial charge in [0.2, 0.25) is 0 Å². The maximum Gasteiger partial charge on any atom is 0.269 e. The zero-order chi connectivity index (χ0) is 9.97. The Morgan fingerprint density at radius 1 is 1.36 bits per heavy atom. The van der Waals surface area contributed by atoms with E-state index in [1.807, 2.05) is 18.2 Å². The van der Waals surface area contributed by atoms with Crippen LogP contribution in [-0.4, -0.2) is 22.9 Å². The van der Waals surface area contributed by atoms with Crippen LogP contribution in [-0.2, 0) is 0 Å². The molecule has 4 heteroatoms. The summed E-state index contributed by atoms with van der Waals surface area (Å²) in [5.74, 6) is -0.197. The van der Waals surface area contributed by atoms with E-state index in [0.717, 1.165) is 5.39 Å². The highest BCUT2D eigenvalue weighted by atomic mass is 16.1. The first kappa shape index (κ1) is 8.62. The van der Waals surface area contributed by atoms with Gasteiger partial charge in [-0.3, -0.25) is 4.79 Å². The van der Waals surface area contributed by atoms with E-state index in [1.165, 1.54) is 0 Å². The molecule has 0 unspecified atom stereocenters. The molecule has 0 fully saturated rings. The van der Waals surface area contributed by atoms with E-state index in [9.17, 15) is 4.79 Å². The van der Waals surface area contributed by atoms with Crippen LogP contribution in [0.3, 0.4) is 0 Å². The van der Waals surface area contributed by atoms with Gasteiger partial charge in [-0.15, -0.1) is 0 Å². The highest BCUT2D eigenvalue weighted by Crippen LogP contribution is 2.08. The van der Waals surface area contributed by atoms with Crippen LogP contribution in [0.25, 0.3) is 11.0 Å². The van der Waals surface area contributed by atoms with Crippen molar-refractivity contribution in [2.45, 2.75) is 0 Å². The smallest absolute Gasteiger partial charge is 0.269 e. The zero-order valence-corrected chi connectivity index (χ0v) is 7.69. The van der Waals surface area contributed by atoms with Gasteiger partial charge in [-0.25, -0.2) is 9.97 Å². The summed E-state index contributed by atoms with van der Waals surface area (Å²) in [6.45, 7) is 0. The van der Waals surface area contributed by atoms with Crippen LogP contribution in [0.15, 0.2) is 30.5 Å². The van der Waals surface area contributed by atoms with E-state index in [4.69, 9.17) is 0 Å². The van der Waals surface area contributed by atoms with Gasteiger partial charge in [-0.05, 0) is 24.3 Å². The zero-order valence-electron chi connectivity index (χ0n) is 7.69. The number of nitrogens with one attached hydrogen (secondary N) is 1. The summed E-state index contributed by atoms with van der Waals surface area (Å²) in [5.41, 5.74) is 0.979. The van der Waals surface area contributed by atoms with Crippen LogP contribution in [0.2, 0.25) is 0 Å². The number of amides is 1. The lowest BCUT2D eigenvalue weighted by Crippen LogP contribution is -2.19. The molecule has 0 aliphatic heterocycles. The first-order chi connectivity index (χ1) is 6.81. The summed E-state index contributed by atoms with van der Waals surface area (Å²) in [6.07, 6.45) is 1.66. The van der Waals surface area contributed by atoms with E-state index in [1.54, 1.807) is 19.3 Å². The molecule has 0 bridgehead atoms. The van der Waals surface area contributed by atoms with Gasteiger partial charge in [0, 0.05) is 18.6 Å². The van der Waals surface area contributed by atoms with Crippen molar-refractivity contribution in [1.29, 1.82) is 0 Å². The first-order valence-corrected chi connectivity index (χ1v) is 4.25. The van der Waals surface area contributed by atoms with E-state index < -0.39 is 0 Å². The highest BCUT2D eigenvalue weighted by molar-refractivity contribution is 5.94. The van der Waals surface area contributed by atoms with Crippen molar-refractivity contribution < 1.29 is 4.79 Å². The molecular formula is C10H9N3O. The van der Waals surface area contributed by atoms with Crippen LogP contribution in [0.5, 0.6) is 0 Å². The normalized spacial score (nSPS) is 10.1. The molecule has 0 aliphatic rings. The Morgan fingerprint density at radius 3 is 3.00 bits per heavy atom. The molecular weight excluding hydrogens is 178 g/mol. The molecule has 2 heterocycles. The largest absolute Gasteiger partial charge is 0.354 e. The summed E-state index contributed by atoms with van der Waals surface area (Å²) in [5, 5.41) is 3.45. The molecule has 0 saturated carbocycles. The van der Waals surface area contributed by atoms with E-state index in [0.29, 0.717) is 11.3 Å². The maximum atomic E-state index is 11.3. The van der Waals surface area contributed by atoms with Crippen molar-refractivity contribution >= 4 is 16.9 Å². The average Bonchev–Trinajstić information content (AvgIpc) is 2.27. The number of rotatable bonds is 1. The van der Waals surface area contributed by atoms with Gasteiger partial charge in [0.25, 0.3) is 5.91 Å². The second-order valence-corrected chi connectivity index (χ2v) is 2.83. The summed E-state index contributed by atoms with van der Waals surface area (Å²) in [4.78, 5) is 19.4. The number of nitrogens with zero attached hydrogens (tertiary/aromatic N) is 2. The Balaban J connectivity index is 2.56. The Morgan fingerprint density at radius 2 is 2.21 bits per heavy atom. The van der Waals surface area contributed by atoms with Crippen LogP contribution < -0.4 is 5.32 Å². The monoisotopic (exact) mass is 187 g/mol. The third-order valence-corrected chi connectivity index (χ3v) is 1.92. The summed E-state index contributed by atoms with van der Waals surface area (Å²) in [7, 11) is 1.58. The van der Waals surface area contributed by atoms with Crippen molar-refractivity contribution in [3.05, 3.63) is 36.2 Å². The standard InChI is InChI=1S/C10H9N3O/c1-11-10(14)8-5-4-7-3-2-6-12-9(7)13-8/h2-6H,1H3,(H,11,14). The Hall–Kier alpha value is -1.97. The molecule has 2 rings (SSSR count). The SMILES string of the molecule is CNC(=O)c1ccc2cccnc2n1. The molecule has 0 radical (unpaired) electrons. The average molecular weight is 187 g/mol. The molecule has 70 valence electrons. The molecule has 1 amide bonds. The number of aromatic nitrogens is 2. The lowest BCUT2D eigenvalue weighted by atomic mass is 10.2. The minimum atomic E-state index is -0.197. The molecule has 2 aromatic rings. The van der Waals surface area contributed by atoms with Crippen molar-refractivity contribution in [2.24, 2.45) is 0 Å². The predicted molar refractivity (Wildman–Crippen MR) is 52.9 cm³/mol. The molecule has 4 nitrogen and oxygen atoms in total. The molecule has 0 aromatic carbocycles. The molecule has 0 saturated heterocycles. The molecule has 14 heavy (non-hydrogen) atoms. The molecule has 0 aliphatic carbocycles. The topological polar surface area (TPSA) is 54.9 Å². The number of carbonyl (C=O) groups is 1. The number of hydrogen-bond acceptors (Lipinski definition) is 3. The number of pyridine rings is 2. The quantitative estimate of drug-likeness (QED) is 0.724. The van der Waals surface area contributed by atoms with Crippen LogP contribution >= 0.6 is 0 Å². The van der Waals surface area contributed by atoms with Gasteiger partial charge in [-0.2, -0.15) is 0 Å². The van der Waals surface area contributed by atoms with Gasteiger partial charge < -0.3 is 5.32 Å². The third kappa shape index (κ3) is 1.42. The van der Waals surface area contributed by atoms with Crippen molar-refractivity contribution in [2.75, 3.05) is 7.05 Å². The van der Waals surface area contributed by atoms with Gasteiger partial charge in [0.1, 0.15) is 5.69 Å². The highest BCUT2D eigenvalue weighted by Gasteiger charge is 2.05. The fourth-order valence-corrected chi connectivity index (χ4v) is 1.21. The van der Waals surface area contributed by atoms with Gasteiger partial charge in [-0.1, -0.05) is 0 Å².